The van der Waals surface area contributed by atoms with Crippen LogP contribution < -0.4 is 5.32 Å². The van der Waals surface area contributed by atoms with Gasteiger partial charge in [-0.2, -0.15) is 0 Å². The lowest BCUT2D eigenvalue weighted by molar-refractivity contribution is -0.121. The number of carbonyl (C=O) groups is 1. The summed E-state index contributed by atoms with van der Waals surface area (Å²) in [4.78, 5) is 16.5. The zero-order chi connectivity index (χ0) is 16.9. The number of thiazole rings is 1. The van der Waals surface area contributed by atoms with Crippen molar-refractivity contribution in [2.45, 2.75) is 20.0 Å². The van der Waals surface area contributed by atoms with E-state index in [-0.39, 0.29) is 12.5 Å². The summed E-state index contributed by atoms with van der Waals surface area (Å²) in [6.07, 6.45) is 1.71. The minimum atomic E-state index is -0.0801. The molecule has 0 saturated carbocycles. The van der Waals surface area contributed by atoms with Crippen LogP contribution in [0.1, 0.15) is 11.3 Å². The summed E-state index contributed by atoms with van der Waals surface area (Å²) in [6.45, 7) is 2.67. The van der Waals surface area contributed by atoms with Crippen LogP contribution in [0.15, 0.2) is 54.0 Å². The van der Waals surface area contributed by atoms with Crippen LogP contribution in [0.2, 0.25) is 0 Å². The van der Waals surface area contributed by atoms with E-state index in [1.807, 2.05) is 28.1 Å². The van der Waals surface area contributed by atoms with E-state index in [1.54, 1.807) is 6.20 Å². The molecule has 2 aromatic heterocycles. The van der Waals surface area contributed by atoms with E-state index in [9.17, 15) is 4.79 Å². The second kappa shape index (κ2) is 7.51. The van der Waals surface area contributed by atoms with E-state index in [4.69, 9.17) is 12.2 Å². The third-order valence-electron chi connectivity index (χ3n) is 3.62. The number of amides is 1. The number of rotatable bonds is 5. The Balaban J connectivity index is 1.73. The second-order valence-electron chi connectivity index (χ2n) is 5.44. The maximum Gasteiger partial charge on any atom is 0.240 e. The van der Waals surface area contributed by atoms with Crippen molar-refractivity contribution in [1.82, 2.24) is 14.9 Å². The molecular weight excluding hydrogens is 338 g/mol. The van der Waals surface area contributed by atoms with E-state index in [0.717, 1.165) is 17.0 Å². The summed E-state index contributed by atoms with van der Waals surface area (Å²) in [6, 6.07) is 13.9. The van der Waals surface area contributed by atoms with Gasteiger partial charge < -0.3 is 9.88 Å². The summed E-state index contributed by atoms with van der Waals surface area (Å²) in [7, 11) is 0. The third kappa shape index (κ3) is 3.96. The van der Waals surface area contributed by atoms with Crippen molar-refractivity contribution in [3.8, 4) is 11.3 Å². The van der Waals surface area contributed by atoms with Crippen LogP contribution in [0.4, 0.5) is 0 Å². The maximum absolute atomic E-state index is 12.3. The topological polar surface area (TPSA) is 46.9 Å². The van der Waals surface area contributed by atoms with E-state index in [0.29, 0.717) is 10.5 Å². The molecule has 0 fully saturated rings. The monoisotopic (exact) mass is 355 g/mol. The quantitative estimate of drug-likeness (QED) is 0.705. The number of benzene rings is 1. The Morgan fingerprint density at radius 2 is 2.04 bits per heavy atom. The highest BCUT2D eigenvalue weighted by Gasteiger charge is 2.11. The average Bonchev–Trinajstić information content (AvgIpc) is 2.95. The second-order valence-corrected chi connectivity index (χ2v) is 6.94. The number of pyridine rings is 1. The zero-order valence-electron chi connectivity index (χ0n) is 13.2. The van der Waals surface area contributed by atoms with Crippen LogP contribution in [0.3, 0.4) is 0 Å². The lowest BCUT2D eigenvalue weighted by Crippen LogP contribution is -2.27. The first-order valence-corrected chi connectivity index (χ1v) is 8.84. The molecule has 0 atom stereocenters. The van der Waals surface area contributed by atoms with E-state index in [1.165, 1.54) is 16.9 Å². The Hall–Kier alpha value is -2.31. The summed E-state index contributed by atoms with van der Waals surface area (Å²) in [5, 5.41) is 4.89. The fourth-order valence-corrected chi connectivity index (χ4v) is 3.39. The third-order valence-corrected chi connectivity index (χ3v) is 4.90. The first-order chi connectivity index (χ1) is 11.6. The maximum atomic E-state index is 12.3. The normalized spacial score (nSPS) is 10.5. The molecule has 4 nitrogen and oxygen atoms in total. The summed E-state index contributed by atoms with van der Waals surface area (Å²) in [5.41, 5.74) is 4.06. The van der Waals surface area contributed by atoms with Crippen molar-refractivity contribution >= 4 is 29.5 Å². The van der Waals surface area contributed by atoms with Crippen LogP contribution in [0, 0.1) is 10.9 Å². The molecule has 3 rings (SSSR count). The number of nitrogens with zero attached hydrogens (tertiary/aromatic N) is 2. The van der Waals surface area contributed by atoms with Crippen LogP contribution in [-0.2, 0) is 17.9 Å². The van der Waals surface area contributed by atoms with Crippen molar-refractivity contribution in [1.29, 1.82) is 0 Å². The van der Waals surface area contributed by atoms with Gasteiger partial charge in [-0.25, -0.2) is 0 Å². The predicted octanol–water partition coefficient (Wildman–Crippen LogP) is 3.97. The van der Waals surface area contributed by atoms with Gasteiger partial charge in [0.05, 0.1) is 17.9 Å². The molecular formula is C18H17N3OS2. The highest BCUT2D eigenvalue weighted by molar-refractivity contribution is 7.73. The molecule has 122 valence electrons. The van der Waals surface area contributed by atoms with Gasteiger partial charge in [0.25, 0.3) is 0 Å². The van der Waals surface area contributed by atoms with Crippen LogP contribution in [-0.4, -0.2) is 15.5 Å². The van der Waals surface area contributed by atoms with Crippen LogP contribution >= 0.6 is 23.6 Å². The fourth-order valence-electron chi connectivity index (χ4n) is 2.32. The van der Waals surface area contributed by atoms with Gasteiger partial charge in [0, 0.05) is 11.6 Å². The molecule has 0 aliphatic rings. The zero-order valence-corrected chi connectivity index (χ0v) is 14.9. The highest BCUT2D eigenvalue weighted by atomic mass is 32.1. The lowest BCUT2D eigenvalue weighted by Gasteiger charge is -2.10. The minimum absolute atomic E-state index is 0.0801. The average molecular weight is 355 g/mol. The first-order valence-electron chi connectivity index (χ1n) is 7.55. The highest BCUT2D eigenvalue weighted by Crippen LogP contribution is 2.24. The Morgan fingerprint density at radius 3 is 2.75 bits per heavy atom. The van der Waals surface area contributed by atoms with Crippen molar-refractivity contribution in [2.24, 2.45) is 0 Å². The molecule has 1 amide bonds. The molecule has 0 unspecified atom stereocenters. The molecule has 24 heavy (non-hydrogen) atoms. The van der Waals surface area contributed by atoms with Gasteiger partial charge in [-0.3, -0.25) is 9.78 Å². The number of aromatic nitrogens is 2. The molecule has 0 radical (unpaired) electrons. The fraction of sp³-hybridized carbons (Fsp3) is 0.167. The Bertz CT molecular complexity index is 883. The number of hydrogen-bond donors (Lipinski definition) is 1. The van der Waals surface area contributed by atoms with Gasteiger partial charge in [-0.15, -0.1) is 11.3 Å². The molecule has 1 aromatic carbocycles. The van der Waals surface area contributed by atoms with Crippen LogP contribution in [0.25, 0.3) is 11.3 Å². The van der Waals surface area contributed by atoms with Crippen LogP contribution in [0.5, 0.6) is 0 Å². The Morgan fingerprint density at radius 1 is 1.25 bits per heavy atom. The molecule has 2 heterocycles. The summed E-state index contributed by atoms with van der Waals surface area (Å²) >= 11 is 6.86. The van der Waals surface area contributed by atoms with Crippen molar-refractivity contribution in [3.05, 3.63) is 69.3 Å². The first kappa shape index (κ1) is 16.5. The van der Waals surface area contributed by atoms with Gasteiger partial charge in [0.1, 0.15) is 6.54 Å². The number of carbonyl (C=O) groups excluding carboxylic acids is 1. The molecule has 3 aromatic rings. The number of hydrogen-bond acceptors (Lipinski definition) is 4. The van der Waals surface area contributed by atoms with Crippen molar-refractivity contribution in [2.75, 3.05) is 0 Å². The van der Waals surface area contributed by atoms with Gasteiger partial charge in [0.15, 0.2) is 3.95 Å². The predicted molar refractivity (Wildman–Crippen MR) is 99.4 cm³/mol. The molecule has 0 saturated heterocycles. The molecule has 0 aliphatic heterocycles. The largest absolute Gasteiger partial charge is 0.349 e. The summed E-state index contributed by atoms with van der Waals surface area (Å²) in [5.74, 6) is -0.0801. The standard InChI is InChI=1S/C18H17N3OS2/c1-13-5-7-14(8-6-13)16-12-24-18(23)21(16)11-17(22)20-10-15-4-2-3-9-19-15/h2-9,12H,10-11H2,1H3,(H,20,22). The number of nitrogens with one attached hydrogen (secondary N) is 1. The van der Waals surface area contributed by atoms with Gasteiger partial charge in [-0.05, 0) is 36.8 Å². The molecule has 0 bridgehead atoms. The van der Waals surface area contributed by atoms with Gasteiger partial charge in [-0.1, -0.05) is 35.9 Å². The Labute approximate surface area is 149 Å². The van der Waals surface area contributed by atoms with E-state index < -0.39 is 0 Å². The lowest BCUT2D eigenvalue weighted by atomic mass is 10.1. The molecule has 1 N–H and O–H groups in total. The number of aryl methyl sites for hydroxylation is 1. The molecule has 0 spiro atoms. The molecule has 0 aliphatic carbocycles. The summed E-state index contributed by atoms with van der Waals surface area (Å²) < 4.78 is 2.57. The van der Waals surface area contributed by atoms with E-state index >= 15 is 0 Å². The van der Waals surface area contributed by atoms with Gasteiger partial charge in [0.2, 0.25) is 5.91 Å². The SMILES string of the molecule is Cc1ccc(-c2csc(=S)n2CC(=O)NCc2ccccn2)cc1. The van der Waals surface area contributed by atoms with E-state index in [2.05, 4.69) is 41.5 Å². The van der Waals surface area contributed by atoms with Crippen molar-refractivity contribution < 1.29 is 4.79 Å². The smallest absolute Gasteiger partial charge is 0.240 e. The Kier molecular flexibility index (Phi) is 5.17. The van der Waals surface area contributed by atoms with Crippen molar-refractivity contribution in [3.63, 3.8) is 0 Å². The molecule has 6 heteroatoms. The minimum Gasteiger partial charge on any atom is -0.349 e. The van der Waals surface area contributed by atoms with Gasteiger partial charge >= 0.3 is 0 Å².